The zero-order valence-corrected chi connectivity index (χ0v) is 3.63. The molecule has 0 bridgehead atoms. The highest BCUT2D eigenvalue weighted by Crippen LogP contribution is 1.28. The lowest BCUT2D eigenvalue weighted by molar-refractivity contribution is 0.277. The molecule has 0 aliphatic rings. The van der Waals surface area contributed by atoms with E-state index in [4.69, 9.17) is 0 Å². The standard InChI is InChI=1S/C2H6O.ClH/c1-3-2;/h1-2H3;1H. The van der Waals surface area contributed by atoms with E-state index in [2.05, 4.69) is 4.74 Å². The van der Waals surface area contributed by atoms with Crippen LogP contribution in [0.3, 0.4) is 0 Å². The summed E-state index contributed by atoms with van der Waals surface area (Å²) in [5.41, 5.74) is 0. The molecular formula is C2H7ClO. The van der Waals surface area contributed by atoms with Crippen LogP contribution in [0.2, 0.25) is 0 Å². The Bertz CT molecular complexity index is 6.00. The number of hydrogen-bond donors (Lipinski definition) is 0. The highest BCUT2D eigenvalue weighted by Gasteiger charge is 1.25. The Balaban J connectivity index is 0. The third kappa shape index (κ3) is 56.3. The summed E-state index contributed by atoms with van der Waals surface area (Å²) in [5, 5.41) is 0. The maximum Gasteiger partial charge on any atom is 0.0351 e. The summed E-state index contributed by atoms with van der Waals surface area (Å²) in [7, 11) is 3.25. The summed E-state index contributed by atoms with van der Waals surface area (Å²) in [6.45, 7) is 0. The van der Waals surface area contributed by atoms with Crippen molar-refractivity contribution in [3.05, 3.63) is 0 Å². The van der Waals surface area contributed by atoms with Crippen LogP contribution in [-0.2, 0) is 4.74 Å². The molecule has 0 aliphatic carbocycles. The molecule has 0 radical (unpaired) electrons. The predicted molar refractivity (Wildman–Crippen MR) is 20.2 cm³/mol. The van der Waals surface area contributed by atoms with Crippen molar-refractivity contribution in [1.29, 1.82) is 0 Å². The fourth-order valence-electron chi connectivity index (χ4n) is 0. The molecule has 0 rings (SSSR count). The predicted octanol–water partition coefficient (Wildman–Crippen LogP) is 0.684. The van der Waals surface area contributed by atoms with Gasteiger partial charge in [-0.3, -0.25) is 0 Å². The molecule has 0 amide bonds. The summed E-state index contributed by atoms with van der Waals surface area (Å²) < 4.78 is 4.25. The second kappa shape index (κ2) is 10.5. The first kappa shape index (κ1) is 8.87. The SMILES string of the molecule is COC.Cl. The third-order valence-corrected chi connectivity index (χ3v) is 0. The molecule has 1 nitrogen and oxygen atoms in total. The van der Waals surface area contributed by atoms with E-state index in [1.54, 1.807) is 14.2 Å². The van der Waals surface area contributed by atoms with Gasteiger partial charge in [0.25, 0.3) is 0 Å². The van der Waals surface area contributed by atoms with Crippen molar-refractivity contribution in [2.45, 2.75) is 0 Å². The summed E-state index contributed by atoms with van der Waals surface area (Å²) in [4.78, 5) is 0. The van der Waals surface area contributed by atoms with Crippen molar-refractivity contribution in [2.24, 2.45) is 0 Å². The molecule has 0 aromatic carbocycles. The van der Waals surface area contributed by atoms with Gasteiger partial charge in [-0.15, -0.1) is 12.4 Å². The van der Waals surface area contributed by atoms with E-state index in [0.717, 1.165) is 0 Å². The van der Waals surface area contributed by atoms with E-state index in [1.807, 2.05) is 0 Å². The van der Waals surface area contributed by atoms with Crippen LogP contribution in [0.1, 0.15) is 0 Å². The van der Waals surface area contributed by atoms with Gasteiger partial charge in [-0.1, -0.05) is 0 Å². The van der Waals surface area contributed by atoms with Gasteiger partial charge in [0, 0.05) is 14.2 Å². The monoisotopic (exact) mass is 82.0 g/mol. The second-order valence-corrected chi connectivity index (χ2v) is 0.408. The molecule has 28 valence electrons. The van der Waals surface area contributed by atoms with Crippen molar-refractivity contribution < 1.29 is 4.74 Å². The van der Waals surface area contributed by atoms with Crippen LogP contribution in [0.15, 0.2) is 0 Å². The van der Waals surface area contributed by atoms with Crippen molar-refractivity contribution in [3.8, 4) is 0 Å². The molecule has 0 unspecified atom stereocenters. The molecule has 0 saturated heterocycles. The van der Waals surface area contributed by atoms with Crippen molar-refractivity contribution in [3.63, 3.8) is 0 Å². The lowest BCUT2D eigenvalue weighted by Gasteiger charge is -1.61. The van der Waals surface area contributed by atoms with Crippen LogP contribution >= 0.6 is 12.4 Å². The Labute approximate surface area is 32.4 Å². The molecule has 0 fully saturated rings. The summed E-state index contributed by atoms with van der Waals surface area (Å²) >= 11 is 0. The molecule has 0 aromatic heterocycles. The van der Waals surface area contributed by atoms with Gasteiger partial charge in [0.15, 0.2) is 0 Å². The summed E-state index contributed by atoms with van der Waals surface area (Å²) in [6, 6.07) is 0. The van der Waals surface area contributed by atoms with E-state index in [-0.39, 0.29) is 12.4 Å². The van der Waals surface area contributed by atoms with Crippen LogP contribution in [0.5, 0.6) is 0 Å². The van der Waals surface area contributed by atoms with Crippen LogP contribution in [-0.4, -0.2) is 14.2 Å². The molecule has 0 heterocycles. The van der Waals surface area contributed by atoms with Gasteiger partial charge in [0.1, 0.15) is 0 Å². The molecule has 0 aromatic rings. The molecule has 0 spiro atoms. The second-order valence-electron chi connectivity index (χ2n) is 0.408. The minimum absolute atomic E-state index is 0. The van der Waals surface area contributed by atoms with Crippen LogP contribution in [0.25, 0.3) is 0 Å². The van der Waals surface area contributed by atoms with E-state index in [1.165, 1.54) is 0 Å². The van der Waals surface area contributed by atoms with E-state index < -0.39 is 0 Å². The minimum atomic E-state index is 0. The maximum absolute atomic E-state index is 4.25. The Morgan fingerprint density at radius 3 is 1.25 bits per heavy atom. The van der Waals surface area contributed by atoms with E-state index in [0.29, 0.717) is 0 Å². The molecular weight excluding hydrogens is 75.5 g/mol. The Morgan fingerprint density at radius 1 is 1.25 bits per heavy atom. The van der Waals surface area contributed by atoms with Crippen LogP contribution in [0.4, 0.5) is 0 Å². The summed E-state index contributed by atoms with van der Waals surface area (Å²) in [6.07, 6.45) is 0. The van der Waals surface area contributed by atoms with Crippen molar-refractivity contribution in [2.75, 3.05) is 14.2 Å². The van der Waals surface area contributed by atoms with Crippen LogP contribution < -0.4 is 0 Å². The maximum atomic E-state index is 4.25. The first-order chi connectivity index (χ1) is 1.41. The number of hydrogen-bond acceptors (Lipinski definition) is 1. The van der Waals surface area contributed by atoms with Crippen molar-refractivity contribution >= 4 is 12.4 Å². The zero-order chi connectivity index (χ0) is 2.71. The molecule has 2 heteroatoms. The highest BCUT2D eigenvalue weighted by atomic mass is 35.5. The first-order valence-electron chi connectivity index (χ1n) is 0.816. The summed E-state index contributed by atoms with van der Waals surface area (Å²) in [5.74, 6) is 0. The molecule has 4 heavy (non-hydrogen) atoms. The fourth-order valence-corrected chi connectivity index (χ4v) is 0. The average molecular weight is 82.5 g/mol. The third-order valence-electron chi connectivity index (χ3n) is 0. The largest absolute Gasteiger partial charge is 0.388 e. The Morgan fingerprint density at radius 2 is 1.25 bits per heavy atom. The van der Waals surface area contributed by atoms with Gasteiger partial charge in [0.2, 0.25) is 0 Å². The lowest BCUT2D eigenvalue weighted by Crippen LogP contribution is -1.55. The van der Waals surface area contributed by atoms with Gasteiger partial charge in [-0.2, -0.15) is 0 Å². The van der Waals surface area contributed by atoms with E-state index in [9.17, 15) is 0 Å². The van der Waals surface area contributed by atoms with Gasteiger partial charge in [-0.05, 0) is 0 Å². The fraction of sp³-hybridized carbons (Fsp3) is 1.00. The number of halogens is 1. The van der Waals surface area contributed by atoms with Gasteiger partial charge < -0.3 is 4.74 Å². The van der Waals surface area contributed by atoms with Gasteiger partial charge in [-0.25, -0.2) is 0 Å². The average Bonchev–Trinajstić information content (AvgIpc) is 0.918. The van der Waals surface area contributed by atoms with Crippen molar-refractivity contribution in [1.82, 2.24) is 0 Å². The molecule has 0 saturated carbocycles. The first-order valence-corrected chi connectivity index (χ1v) is 0.816. The Hall–Kier alpha value is 0.250. The number of methoxy groups -OCH3 is 1. The zero-order valence-electron chi connectivity index (χ0n) is 2.82. The van der Waals surface area contributed by atoms with Gasteiger partial charge >= 0.3 is 0 Å². The lowest BCUT2D eigenvalue weighted by atomic mass is 11.6. The normalized spacial score (nSPS) is 4.50. The highest BCUT2D eigenvalue weighted by molar-refractivity contribution is 5.85. The van der Waals surface area contributed by atoms with Crippen LogP contribution in [0, 0.1) is 0 Å². The molecule has 0 aliphatic heterocycles. The molecule has 0 atom stereocenters. The van der Waals surface area contributed by atoms with E-state index >= 15 is 0 Å². The number of ether oxygens (including phenoxy) is 1. The minimum Gasteiger partial charge on any atom is -0.388 e. The Kier molecular flexibility index (Phi) is 23.3. The molecule has 0 N–H and O–H groups in total. The van der Waals surface area contributed by atoms with Gasteiger partial charge in [0.05, 0.1) is 0 Å². The smallest absolute Gasteiger partial charge is 0.0351 e. The number of rotatable bonds is 0. The topological polar surface area (TPSA) is 9.23 Å². The quantitative estimate of drug-likeness (QED) is 0.418.